The van der Waals surface area contributed by atoms with Gasteiger partial charge in [0.05, 0.1) is 27.8 Å². The fourth-order valence-electron chi connectivity index (χ4n) is 7.23. The summed E-state index contributed by atoms with van der Waals surface area (Å²) >= 11 is 0. The zero-order chi connectivity index (χ0) is 33.4. The summed E-state index contributed by atoms with van der Waals surface area (Å²) in [5.41, 5.74) is 18.4. The minimum absolute atomic E-state index is 0.455. The number of allylic oxidation sites excluding steroid dienone is 1. The van der Waals surface area contributed by atoms with E-state index < -0.39 is 0 Å². The summed E-state index contributed by atoms with van der Waals surface area (Å²) in [6, 6.07) is 61.9. The van der Waals surface area contributed by atoms with Crippen LogP contribution in [0.2, 0.25) is 0 Å². The van der Waals surface area contributed by atoms with E-state index >= 15 is 0 Å². The highest BCUT2D eigenvalue weighted by Crippen LogP contribution is 2.37. The Morgan fingerprint density at radius 3 is 1.64 bits per heavy atom. The predicted molar refractivity (Wildman–Crippen MR) is 211 cm³/mol. The molecule has 7 aromatic carbocycles. The minimum atomic E-state index is 0.455. The Kier molecular flexibility index (Phi) is 7.33. The van der Waals surface area contributed by atoms with E-state index in [2.05, 4.69) is 137 Å². The standard InChI is InChI=1S/C46H34N4/c47-41(32-14-4-1-5-15-32)30-42(33-16-6-2-7-17-33)48-31-49-43-22-12-10-20-37(43)39-28-34(24-26-44(39)49)35-25-27-46-40(29-35)38-21-11-13-23-45(38)50(46)36-18-8-3-9-19-36/h1-30H,31,47H2/b41-30-,48-42?. The van der Waals surface area contributed by atoms with Gasteiger partial charge < -0.3 is 14.9 Å². The van der Waals surface area contributed by atoms with Crippen LogP contribution >= 0.6 is 0 Å². The lowest BCUT2D eigenvalue weighted by Gasteiger charge is -2.09. The summed E-state index contributed by atoms with van der Waals surface area (Å²) in [5.74, 6) is 0. The molecule has 2 N–H and O–H groups in total. The third-order valence-electron chi connectivity index (χ3n) is 9.64. The number of para-hydroxylation sites is 3. The summed E-state index contributed by atoms with van der Waals surface area (Å²) in [5, 5.41) is 4.91. The molecule has 0 aliphatic rings. The van der Waals surface area contributed by atoms with E-state index in [1.807, 2.05) is 54.6 Å². The van der Waals surface area contributed by atoms with E-state index in [1.165, 1.54) is 43.7 Å². The van der Waals surface area contributed by atoms with Crippen molar-refractivity contribution in [2.24, 2.45) is 10.7 Å². The lowest BCUT2D eigenvalue weighted by molar-refractivity contribution is 0.793. The molecule has 9 rings (SSSR count). The number of nitrogens with zero attached hydrogens (tertiary/aromatic N) is 3. The van der Waals surface area contributed by atoms with Gasteiger partial charge in [0.2, 0.25) is 0 Å². The highest BCUT2D eigenvalue weighted by atomic mass is 15.1. The van der Waals surface area contributed by atoms with Crippen molar-refractivity contribution in [1.82, 2.24) is 9.13 Å². The highest BCUT2D eigenvalue weighted by Gasteiger charge is 2.15. The second kappa shape index (κ2) is 12.4. The number of nitrogens with two attached hydrogens (primary N) is 1. The monoisotopic (exact) mass is 642 g/mol. The van der Waals surface area contributed by atoms with Gasteiger partial charge in [0.25, 0.3) is 0 Å². The van der Waals surface area contributed by atoms with Gasteiger partial charge in [-0.2, -0.15) is 0 Å². The Balaban J connectivity index is 1.15. The van der Waals surface area contributed by atoms with E-state index in [-0.39, 0.29) is 0 Å². The normalized spacial score (nSPS) is 12.4. The second-order valence-electron chi connectivity index (χ2n) is 12.6. The van der Waals surface area contributed by atoms with Gasteiger partial charge in [-0.3, -0.25) is 4.99 Å². The van der Waals surface area contributed by atoms with Crippen molar-refractivity contribution in [3.63, 3.8) is 0 Å². The summed E-state index contributed by atoms with van der Waals surface area (Å²) in [7, 11) is 0. The molecule has 0 saturated carbocycles. The van der Waals surface area contributed by atoms with Crippen LogP contribution in [0.5, 0.6) is 0 Å². The molecular weight excluding hydrogens is 609 g/mol. The number of hydrogen-bond acceptors (Lipinski definition) is 2. The molecule has 4 heteroatoms. The maximum Gasteiger partial charge on any atom is 0.115 e. The quantitative estimate of drug-likeness (QED) is 0.173. The van der Waals surface area contributed by atoms with Crippen LogP contribution in [0.3, 0.4) is 0 Å². The molecule has 0 radical (unpaired) electrons. The van der Waals surface area contributed by atoms with Gasteiger partial charge in [-0.15, -0.1) is 0 Å². The van der Waals surface area contributed by atoms with E-state index in [0.717, 1.165) is 33.6 Å². The van der Waals surface area contributed by atoms with Crippen molar-refractivity contribution in [3.8, 4) is 16.8 Å². The van der Waals surface area contributed by atoms with Gasteiger partial charge in [0.15, 0.2) is 0 Å². The van der Waals surface area contributed by atoms with Crippen LogP contribution in [0, 0.1) is 0 Å². The molecular formula is C46H34N4. The Morgan fingerprint density at radius 2 is 0.960 bits per heavy atom. The zero-order valence-corrected chi connectivity index (χ0v) is 27.4. The molecule has 50 heavy (non-hydrogen) atoms. The molecule has 0 amide bonds. The van der Waals surface area contributed by atoms with E-state index in [9.17, 15) is 0 Å². The number of fused-ring (bicyclic) bond motifs is 6. The van der Waals surface area contributed by atoms with Gasteiger partial charge >= 0.3 is 0 Å². The van der Waals surface area contributed by atoms with Crippen LogP contribution in [0.1, 0.15) is 11.1 Å². The largest absolute Gasteiger partial charge is 0.398 e. The molecule has 0 aliphatic heterocycles. The molecule has 0 saturated heterocycles. The first kappa shape index (κ1) is 29.5. The van der Waals surface area contributed by atoms with Gasteiger partial charge in [-0.05, 0) is 76.9 Å². The van der Waals surface area contributed by atoms with Crippen molar-refractivity contribution in [2.75, 3.05) is 0 Å². The predicted octanol–water partition coefficient (Wildman–Crippen LogP) is 11.0. The molecule has 0 atom stereocenters. The highest BCUT2D eigenvalue weighted by molar-refractivity contribution is 6.13. The average molecular weight is 643 g/mol. The van der Waals surface area contributed by atoms with Crippen molar-refractivity contribution in [2.45, 2.75) is 6.67 Å². The van der Waals surface area contributed by atoms with Gasteiger partial charge in [0, 0.05) is 32.9 Å². The lowest BCUT2D eigenvalue weighted by Crippen LogP contribution is -2.06. The summed E-state index contributed by atoms with van der Waals surface area (Å²) in [4.78, 5) is 5.19. The van der Waals surface area contributed by atoms with E-state index in [1.54, 1.807) is 0 Å². The molecule has 2 aromatic heterocycles. The topological polar surface area (TPSA) is 48.2 Å². The van der Waals surface area contributed by atoms with Gasteiger partial charge in [-0.1, -0.05) is 127 Å². The van der Waals surface area contributed by atoms with Crippen molar-refractivity contribution in [1.29, 1.82) is 0 Å². The molecule has 4 nitrogen and oxygen atoms in total. The third-order valence-corrected chi connectivity index (χ3v) is 9.64. The van der Waals surface area contributed by atoms with Crippen LogP contribution in [0.25, 0.3) is 66.1 Å². The summed E-state index contributed by atoms with van der Waals surface area (Å²) in [6.07, 6.45) is 1.99. The number of rotatable bonds is 7. The first-order valence-corrected chi connectivity index (χ1v) is 17.0. The SMILES string of the molecule is N/C(=C\C(=NCn1c2ccccc2c2cc(-c3ccc4c(c3)c3ccccc3n4-c3ccccc3)ccc21)c1ccccc1)c1ccccc1. The van der Waals surface area contributed by atoms with Crippen LogP contribution in [0.15, 0.2) is 187 Å². The summed E-state index contributed by atoms with van der Waals surface area (Å²) in [6.45, 7) is 0.455. The molecule has 0 spiro atoms. The number of benzene rings is 7. The van der Waals surface area contributed by atoms with Crippen molar-refractivity contribution < 1.29 is 0 Å². The fraction of sp³-hybridized carbons (Fsp3) is 0.0217. The molecule has 0 fully saturated rings. The summed E-state index contributed by atoms with van der Waals surface area (Å²) < 4.78 is 4.67. The fourth-order valence-corrected chi connectivity index (χ4v) is 7.23. The van der Waals surface area contributed by atoms with Crippen LogP contribution in [-0.2, 0) is 6.67 Å². The first-order valence-electron chi connectivity index (χ1n) is 17.0. The lowest BCUT2D eigenvalue weighted by atomic mass is 10.0. The molecule has 0 aliphatic carbocycles. The zero-order valence-electron chi connectivity index (χ0n) is 27.4. The maximum atomic E-state index is 6.60. The van der Waals surface area contributed by atoms with Crippen molar-refractivity contribution in [3.05, 3.63) is 193 Å². The van der Waals surface area contributed by atoms with Crippen LogP contribution in [-0.4, -0.2) is 14.8 Å². The number of aromatic nitrogens is 2. The second-order valence-corrected chi connectivity index (χ2v) is 12.6. The van der Waals surface area contributed by atoms with Gasteiger partial charge in [-0.25, -0.2) is 0 Å². The Morgan fingerprint density at radius 1 is 0.480 bits per heavy atom. The van der Waals surface area contributed by atoms with Crippen LogP contribution in [0.4, 0.5) is 0 Å². The smallest absolute Gasteiger partial charge is 0.115 e. The van der Waals surface area contributed by atoms with Gasteiger partial charge in [0.1, 0.15) is 6.67 Å². The Labute approximate surface area is 290 Å². The minimum Gasteiger partial charge on any atom is -0.398 e. The molecule has 238 valence electrons. The molecule has 0 bridgehead atoms. The maximum absolute atomic E-state index is 6.60. The molecule has 2 heterocycles. The Hall–Kier alpha value is -6.65. The third kappa shape index (κ3) is 5.15. The average Bonchev–Trinajstić information content (AvgIpc) is 3.69. The van der Waals surface area contributed by atoms with E-state index in [4.69, 9.17) is 10.7 Å². The van der Waals surface area contributed by atoms with Crippen molar-refractivity contribution >= 4 is 55.0 Å². The number of aliphatic imine (C=N–C) groups is 1. The molecule has 0 unspecified atom stereocenters. The Bertz CT molecular complexity index is 2720. The number of hydrogen-bond donors (Lipinski definition) is 1. The first-order chi connectivity index (χ1) is 24.7. The van der Waals surface area contributed by atoms with E-state index in [0.29, 0.717) is 12.4 Å². The van der Waals surface area contributed by atoms with Crippen LogP contribution < -0.4 is 5.73 Å². The molecule has 9 aromatic rings.